The number of nitrogens with zero attached hydrogens (tertiary/aromatic N) is 2. The number of carboxylic acid groups (broad SMARTS) is 1. The fourth-order valence-electron chi connectivity index (χ4n) is 0.961. The Hall–Kier alpha value is -2.36. The van der Waals surface area contributed by atoms with Crippen molar-refractivity contribution in [2.45, 2.75) is 13.3 Å². The number of carbonyl (C=O) groups is 3. The third-order valence-corrected chi connectivity index (χ3v) is 1.77. The van der Waals surface area contributed by atoms with Crippen molar-refractivity contribution in [3.05, 3.63) is 12.2 Å². The summed E-state index contributed by atoms with van der Waals surface area (Å²) >= 11 is 0. The SMILES string of the molecule is CCN(CCC#N)C(=O)NC(=O)C=CC(=O)O. The molecule has 0 fully saturated rings. The number of rotatable bonds is 5. The first-order chi connectivity index (χ1) is 8.01. The Kier molecular flexibility index (Phi) is 6.78. The molecule has 0 atom stereocenters. The summed E-state index contributed by atoms with van der Waals surface area (Å²) in [5, 5.41) is 18.6. The molecule has 92 valence electrons. The van der Waals surface area contributed by atoms with Gasteiger partial charge in [-0.25, -0.2) is 9.59 Å². The van der Waals surface area contributed by atoms with Gasteiger partial charge in [0.2, 0.25) is 0 Å². The van der Waals surface area contributed by atoms with Crippen LogP contribution in [0.1, 0.15) is 13.3 Å². The zero-order valence-corrected chi connectivity index (χ0v) is 9.34. The van der Waals surface area contributed by atoms with Crippen LogP contribution in [0.4, 0.5) is 4.79 Å². The topological polar surface area (TPSA) is 111 Å². The van der Waals surface area contributed by atoms with Crippen molar-refractivity contribution in [2.75, 3.05) is 13.1 Å². The van der Waals surface area contributed by atoms with E-state index in [2.05, 4.69) is 0 Å². The summed E-state index contributed by atoms with van der Waals surface area (Å²) in [6.07, 6.45) is 1.55. The number of imide groups is 1. The number of aliphatic carboxylic acids is 1. The monoisotopic (exact) mass is 239 g/mol. The molecule has 0 heterocycles. The normalized spacial score (nSPS) is 9.65. The Morgan fingerprint density at radius 1 is 1.41 bits per heavy atom. The first kappa shape index (κ1) is 14.6. The van der Waals surface area contributed by atoms with Crippen molar-refractivity contribution >= 4 is 17.9 Å². The molecular weight excluding hydrogens is 226 g/mol. The summed E-state index contributed by atoms with van der Waals surface area (Å²) < 4.78 is 0. The number of hydrogen-bond donors (Lipinski definition) is 2. The van der Waals surface area contributed by atoms with E-state index in [4.69, 9.17) is 10.4 Å². The van der Waals surface area contributed by atoms with Crippen LogP contribution < -0.4 is 5.32 Å². The van der Waals surface area contributed by atoms with Crippen molar-refractivity contribution in [1.82, 2.24) is 10.2 Å². The van der Waals surface area contributed by atoms with E-state index in [9.17, 15) is 14.4 Å². The summed E-state index contributed by atoms with van der Waals surface area (Å²) in [6, 6.07) is 1.23. The average molecular weight is 239 g/mol. The van der Waals surface area contributed by atoms with Gasteiger partial charge in [0.1, 0.15) is 0 Å². The first-order valence-electron chi connectivity index (χ1n) is 4.89. The number of amides is 3. The standard InChI is InChI=1S/C10H13N3O4/c1-2-13(7-3-6-11)10(17)12-8(14)4-5-9(15)16/h4-5H,2-3,7H2,1H3,(H,15,16)(H,12,14,17). The highest BCUT2D eigenvalue weighted by Crippen LogP contribution is 1.92. The third kappa shape index (κ3) is 6.67. The predicted octanol–water partition coefficient (Wildman–Crippen LogP) is 0.0990. The smallest absolute Gasteiger partial charge is 0.328 e. The van der Waals surface area contributed by atoms with E-state index in [0.29, 0.717) is 12.6 Å². The van der Waals surface area contributed by atoms with Gasteiger partial charge in [-0.2, -0.15) is 5.26 Å². The predicted molar refractivity (Wildman–Crippen MR) is 57.8 cm³/mol. The Bertz CT molecular complexity index is 370. The molecule has 0 rings (SSSR count). The Morgan fingerprint density at radius 2 is 2.06 bits per heavy atom. The van der Waals surface area contributed by atoms with Crippen LogP contribution in [0.25, 0.3) is 0 Å². The largest absolute Gasteiger partial charge is 0.478 e. The summed E-state index contributed by atoms with van der Waals surface area (Å²) in [5.41, 5.74) is 0. The summed E-state index contributed by atoms with van der Waals surface area (Å²) in [6.45, 7) is 2.27. The Labute approximate surface area is 98.3 Å². The minimum absolute atomic E-state index is 0.167. The zero-order chi connectivity index (χ0) is 13.3. The molecule has 2 N–H and O–H groups in total. The van der Waals surface area contributed by atoms with Crippen molar-refractivity contribution < 1.29 is 19.5 Å². The molecule has 0 radical (unpaired) electrons. The molecular formula is C10H13N3O4. The van der Waals surface area contributed by atoms with Crippen LogP contribution in [-0.2, 0) is 9.59 Å². The van der Waals surface area contributed by atoms with Crippen molar-refractivity contribution in [1.29, 1.82) is 5.26 Å². The summed E-state index contributed by atoms with van der Waals surface area (Å²) in [5.74, 6) is -2.09. The molecule has 0 aromatic rings. The van der Waals surface area contributed by atoms with E-state index in [-0.39, 0.29) is 13.0 Å². The molecule has 0 aliphatic rings. The van der Waals surface area contributed by atoms with Crippen LogP contribution in [0.2, 0.25) is 0 Å². The van der Waals surface area contributed by atoms with E-state index in [1.165, 1.54) is 4.90 Å². The average Bonchev–Trinajstić information content (AvgIpc) is 2.27. The Balaban J connectivity index is 4.27. The lowest BCUT2D eigenvalue weighted by Crippen LogP contribution is -2.42. The van der Waals surface area contributed by atoms with Gasteiger partial charge < -0.3 is 10.0 Å². The second-order valence-corrected chi connectivity index (χ2v) is 2.95. The van der Waals surface area contributed by atoms with Gasteiger partial charge in [0.15, 0.2) is 0 Å². The molecule has 0 spiro atoms. The van der Waals surface area contributed by atoms with Gasteiger partial charge in [-0.05, 0) is 6.92 Å². The lowest BCUT2D eigenvalue weighted by atomic mass is 10.4. The highest BCUT2D eigenvalue weighted by atomic mass is 16.4. The molecule has 0 saturated heterocycles. The molecule has 7 heteroatoms. The number of hydrogen-bond acceptors (Lipinski definition) is 4. The molecule has 0 aliphatic carbocycles. The van der Waals surface area contributed by atoms with Crippen LogP contribution in [-0.4, -0.2) is 41.0 Å². The number of nitriles is 1. The second kappa shape index (κ2) is 7.87. The Morgan fingerprint density at radius 3 is 2.53 bits per heavy atom. The van der Waals surface area contributed by atoms with Gasteiger partial charge in [-0.1, -0.05) is 0 Å². The van der Waals surface area contributed by atoms with Gasteiger partial charge in [0, 0.05) is 25.2 Å². The van der Waals surface area contributed by atoms with Crippen LogP contribution >= 0.6 is 0 Å². The zero-order valence-electron chi connectivity index (χ0n) is 9.34. The lowest BCUT2D eigenvalue weighted by molar-refractivity contribution is -0.131. The van der Waals surface area contributed by atoms with Gasteiger partial charge in [0.25, 0.3) is 5.91 Å². The van der Waals surface area contributed by atoms with Gasteiger partial charge in [0.05, 0.1) is 12.5 Å². The minimum Gasteiger partial charge on any atom is -0.478 e. The van der Waals surface area contributed by atoms with Crippen molar-refractivity contribution in [2.24, 2.45) is 0 Å². The van der Waals surface area contributed by atoms with Gasteiger partial charge in [-0.15, -0.1) is 0 Å². The quantitative estimate of drug-likeness (QED) is 0.661. The van der Waals surface area contributed by atoms with Crippen LogP contribution in [0.3, 0.4) is 0 Å². The number of carboxylic acids is 1. The molecule has 0 aromatic heterocycles. The maximum absolute atomic E-state index is 11.4. The summed E-state index contributed by atoms with van der Waals surface area (Å²) in [7, 11) is 0. The second-order valence-electron chi connectivity index (χ2n) is 2.95. The fourth-order valence-corrected chi connectivity index (χ4v) is 0.961. The summed E-state index contributed by atoms with van der Waals surface area (Å²) in [4.78, 5) is 33.9. The van der Waals surface area contributed by atoms with E-state index in [0.717, 1.165) is 6.08 Å². The molecule has 0 bridgehead atoms. The molecule has 7 nitrogen and oxygen atoms in total. The molecule has 0 saturated carbocycles. The van der Waals surface area contributed by atoms with Crippen molar-refractivity contribution in [3.8, 4) is 6.07 Å². The highest BCUT2D eigenvalue weighted by Gasteiger charge is 2.12. The van der Waals surface area contributed by atoms with E-state index in [1.54, 1.807) is 6.92 Å². The first-order valence-corrected chi connectivity index (χ1v) is 4.89. The number of urea groups is 1. The molecule has 0 unspecified atom stereocenters. The van der Waals surface area contributed by atoms with Crippen LogP contribution in [0.5, 0.6) is 0 Å². The maximum Gasteiger partial charge on any atom is 0.328 e. The van der Waals surface area contributed by atoms with Gasteiger partial charge >= 0.3 is 12.0 Å². The van der Waals surface area contributed by atoms with E-state index >= 15 is 0 Å². The number of carbonyl (C=O) groups excluding carboxylic acids is 2. The highest BCUT2D eigenvalue weighted by molar-refractivity contribution is 6.02. The fraction of sp³-hybridized carbons (Fsp3) is 0.400. The van der Waals surface area contributed by atoms with E-state index < -0.39 is 17.9 Å². The molecule has 17 heavy (non-hydrogen) atoms. The van der Waals surface area contributed by atoms with E-state index in [1.807, 2.05) is 11.4 Å². The molecule has 3 amide bonds. The van der Waals surface area contributed by atoms with Crippen LogP contribution in [0.15, 0.2) is 12.2 Å². The maximum atomic E-state index is 11.4. The minimum atomic E-state index is -1.27. The molecule has 0 aromatic carbocycles. The lowest BCUT2D eigenvalue weighted by Gasteiger charge is -2.18. The van der Waals surface area contributed by atoms with Crippen LogP contribution in [0, 0.1) is 11.3 Å². The van der Waals surface area contributed by atoms with Gasteiger partial charge in [-0.3, -0.25) is 10.1 Å². The molecule has 0 aliphatic heterocycles. The third-order valence-electron chi connectivity index (χ3n) is 1.77. The number of nitrogens with one attached hydrogen (secondary N) is 1. The van der Waals surface area contributed by atoms with Crippen molar-refractivity contribution in [3.63, 3.8) is 0 Å².